The Morgan fingerprint density at radius 3 is 2.06 bits per heavy atom. The number of nitrogens with zero attached hydrogens (tertiary/aromatic N) is 1. The molecule has 0 aromatic heterocycles. The van der Waals surface area contributed by atoms with Gasteiger partial charge in [0.15, 0.2) is 0 Å². The van der Waals surface area contributed by atoms with Crippen molar-refractivity contribution in [1.29, 1.82) is 0 Å². The molecule has 0 spiro atoms. The molecular formula is C15H32N2. The van der Waals surface area contributed by atoms with Crippen molar-refractivity contribution in [3.8, 4) is 0 Å². The third kappa shape index (κ3) is 4.26. The van der Waals surface area contributed by atoms with Crippen molar-refractivity contribution in [3.63, 3.8) is 0 Å². The number of hydrogen-bond acceptors (Lipinski definition) is 2. The van der Waals surface area contributed by atoms with E-state index in [1.165, 1.54) is 38.9 Å². The molecule has 102 valence electrons. The molecule has 1 heterocycles. The van der Waals surface area contributed by atoms with Crippen LogP contribution in [-0.4, -0.2) is 38.1 Å². The van der Waals surface area contributed by atoms with Crippen molar-refractivity contribution in [2.75, 3.05) is 33.2 Å². The molecule has 1 saturated heterocycles. The molecule has 17 heavy (non-hydrogen) atoms. The molecule has 0 aromatic rings. The Morgan fingerprint density at radius 2 is 1.65 bits per heavy atom. The minimum absolute atomic E-state index is 0.478. The highest BCUT2D eigenvalue weighted by molar-refractivity contribution is 4.85. The van der Waals surface area contributed by atoms with Gasteiger partial charge in [-0.15, -0.1) is 0 Å². The summed E-state index contributed by atoms with van der Waals surface area (Å²) in [7, 11) is 2.08. The fraction of sp³-hybridized carbons (Fsp3) is 1.00. The second-order valence-corrected chi connectivity index (χ2v) is 6.38. The van der Waals surface area contributed by atoms with Gasteiger partial charge in [0.05, 0.1) is 0 Å². The number of nitrogens with one attached hydrogen (secondary N) is 1. The van der Waals surface area contributed by atoms with E-state index in [9.17, 15) is 0 Å². The van der Waals surface area contributed by atoms with E-state index in [1.54, 1.807) is 0 Å². The molecule has 1 rings (SSSR count). The van der Waals surface area contributed by atoms with Crippen LogP contribution in [0.2, 0.25) is 0 Å². The third-order valence-electron chi connectivity index (χ3n) is 4.56. The quantitative estimate of drug-likeness (QED) is 0.768. The molecule has 1 fully saturated rings. The Hall–Kier alpha value is -0.0800. The fourth-order valence-electron chi connectivity index (χ4n) is 3.55. The summed E-state index contributed by atoms with van der Waals surface area (Å²) in [6.45, 7) is 14.5. The van der Waals surface area contributed by atoms with Crippen molar-refractivity contribution in [3.05, 3.63) is 0 Å². The van der Waals surface area contributed by atoms with Crippen molar-refractivity contribution >= 4 is 0 Å². The molecule has 0 amide bonds. The molecule has 1 aliphatic rings. The normalized spacial score (nSPS) is 27.4. The lowest BCUT2D eigenvalue weighted by atomic mass is 9.80. The first-order valence-corrected chi connectivity index (χ1v) is 7.42. The van der Waals surface area contributed by atoms with Crippen LogP contribution in [0.1, 0.15) is 47.0 Å². The summed E-state index contributed by atoms with van der Waals surface area (Å²) < 4.78 is 0. The molecule has 1 aliphatic heterocycles. The van der Waals surface area contributed by atoms with E-state index in [0.29, 0.717) is 5.41 Å². The van der Waals surface area contributed by atoms with Gasteiger partial charge in [-0.3, -0.25) is 0 Å². The van der Waals surface area contributed by atoms with Crippen molar-refractivity contribution in [2.45, 2.75) is 47.0 Å². The molecule has 0 aliphatic carbocycles. The second kappa shape index (κ2) is 6.75. The second-order valence-electron chi connectivity index (χ2n) is 6.38. The van der Waals surface area contributed by atoms with Crippen LogP contribution in [0.25, 0.3) is 0 Å². The molecule has 0 radical (unpaired) electrons. The SMILES string of the molecule is CCC(CC)(CNC)CN1CC(C)CC(C)C1. The molecule has 0 bridgehead atoms. The minimum Gasteiger partial charge on any atom is -0.319 e. The number of piperidine rings is 1. The van der Waals surface area contributed by atoms with E-state index in [4.69, 9.17) is 0 Å². The Morgan fingerprint density at radius 1 is 1.12 bits per heavy atom. The highest BCUT2D eigenvalue weighted by Gasteiger charge is 2.31. The van der Waals surface area contributed by atoms with Crippen molar-refractivity contribution in [1.82, 2.24) is 10.2 Å². The summed E-state index contributed by atoms with van der Waals surface area (Å²) in [5, 5.41) is 3.40. The number of hydrogen-bond donors (Lipinski definition) is 1. The van der Waals surface area contributed by atoms with Gasteiger partial charge in [0, 0.05) is 26.2 Å². The smallest absolute Gasteiger partial charge is 0.00502 e. The largest absolute Gasteiger partial charge is 0.319 e. The van der Waals surface area contributed by atoms with Crippen LogP contribution < -0.4 is 5.32 Å². The first-order chi connectivity index (χ1) is 8.05. The van der Waals surface area contributed by atoms with E-state index in [-0.39, 0.29) is 0 Å². The van der Waals surface area contributed by atoms with Crippen LogP contribution in [-0.2, 0) is 0 Å². The van der Waals surface area contributed by atoms with Gasteiger partial charge in [0.1, 0.15) is 0 Å². The number of likely N-dealkylation sites (tertiary alicyclic amines) is 1. The van der Waals surface area contributed by atoms with Crippen LogP contribution in [0.3, 0.4) is 0 Å². The summed E-state index contributed by atoms with van der Waals surface area (Å²) in [5.41, 5.74) is 0.478. The molecular weight excluding hydrogens is 208 g/mol. The fourth-order valence-corrected chi connectivity index (χ4v) is 3.55. The van der Waals surface area contributed by atoms with Gasteiger partial charge < -0.3 is 10.2 Å². The Labute approximate surface area is 108 Å². The highest BCUT2D eigenvalue weighted by Crippen LogP contribution is 2.30. The predicted molar refractivity (Wildman–Crippen MR) is 76.3 cm³/mol. The van der Waals surface area contributed by atoms with Gasteiger partial charge in [-0.1, -0.05) is 27.7 Å². The van der Waals surface area contributed by atoms with Crippen LogP contribution >= 0.6 is 0 Å². The molecule has 1 N–H and O–H groups in total. The predicted octanol–water partition coefficient (Wildman–Crippen LogP) is 2.99. The summed E-state index contributed by atoms with van der Waals surface area (Å²) >= 11 is 0. The average Bonchev–Trinajstić information content (AvgIpc) is 2.27. The van der Waals surface area contributed by atoms with Gasteiger partial charge in [0.2, 0.25) is 0 Å². The zero-order chi connectivity index (χ0) is 12.9. The van der Waals surface area contributed by atoms with Crippen LogP contribution in [0.15, 0.2) is 0 Å². The summed E-state index contributed by atoms with van der Waals surface area (Å²) in [6, 6.07) is 0. The van der Waals surface area contributed by atoms with Gasteiger partial charge in [-0.05, 0) is 43.6 Å². The zero-order valence-electron chi connectivity index (χ0n) is 12.6. The number of rotatable bonds is 6. The molecule has 2 unspecified atom stereocenters. The van der Waals surface area contributed by atoms with E-state index in [2.05, 4.69) is 45.0 Å². The summed E-state index contributed by atoms with van der Waals surface area (Å²) in [6.07, 6.45) is 3.97. The monoisotopic (exact) mass is 240 g/mol. The standard InChI is InChI=1S/C15H32N2/c1-6-15(7-2,11-16-5)12-17-9-13(3)8-14(4)10-17/h13-14,16H,6-12H2,1-5H3. The summed E-state index contributed by atoms with van der Waals surface area (Å²) in [4.78, 5) is 2.71. The highest BCUT2D eigenvalue weighted by atomic mass is 15.1. The molecule has 2 atom stereocenters. The Kier molecular flexibility index (Phi) is 5.94. The molecule has 2 nitrogen and oxygen atoms in total. The van der Waals surface area contributed by atoms with Crippen LogP contribution in [0, 0.1) is 17.3 Å². The van der Waals surface area contributed by atoms with Crippen molar-refractivity contribution in [2.24, 2.45) is 17.3 Å². The van der Waals surface area contributed by atoms with Gasteiger partial charge in [0.25, 0.3) is 0 Å². The van der Waals surface area contributed by atoms with Crippen LogP contribution in [0.5, 0.6) is 0 Å². The molecule has 0 saturated carbocycles. The summed E-state index contributed by atoms with van der Waals surface area (Å²) in [5.74, 6) is 1.75. The van der Waals surface area contributed by atoms with E-state index >= 15 is 0 Å². The average molecular weight is 240 g/mol. The first kappa shape index (κ1) is 15.0. The van der Waals surface area contributed by atoms with Crippen molar-refractivity contribution < 1.29 is 0 Å². The van der Waals surface area contributed by atoms with Gasteiger partial charge >= 0.3 is 0 Å². The van der Waals surface area contributed by atoms with E-state index < -0.39 is 0 Å². The molecule has 0 aromatic carbocycles. The van der Waals surface area contributed by atoms with Crippen LogP contribution in [0.4, 0.5) is 0 Å². The minimum atomic E-state index is 0.478. The lowest BCUT2D eigenvalue weighted by molar-refractivity contribution is 0.0767. The maximum absolute atomic E-state index is 3.40. The third-order valence-corrected chi connectivity index (χ3v) is 4.56. The lowest BCUT2D eigenvalue weighted by Crippen LogP contribution is -2.47. The van der Waals surface area contributed by atoms with Gasteiger partial charge in [-0.2, -0.15) is 0 Å². The Bertz CT molecular complexity index is 201. The van der Waals surface area contributed by atoms with E-state index in [0.717, 1.165) is 18.4 Å². The lowest BCUT2D eigenvalue weighted by Gasteiger charge is -2.42. The zero-order valence-corrected chi connectivity index (χ0v) is 12.6. The Balaban J connectivity index is 2.59. The topological polar surface area (TPSA) is 15.3 Å². The maximum atomic E-state index is 3.40. The van der Waals surface area contributed by atoms with E-state index in [1.807, 2.05) is 0 Å². The van der Waals surface area contributed by atoms with Gasteiger partial charge in [-0.25, -0.2) is 0 Å². The first-order valence-electron chi connectivity index (χ1n) is 7.42. The molecule has 2 heteroatoms. The maximum Gasteiger partial charge on any atom is 0.00502 e.